The maximum Gasteiger partial charge on any atom is 0.250 e. The van der Waals surface area contributed by atoms with Gasteiger partial charge in [0.25, 0.3) is 5.56 Å². The van der Waals surface area contributed by atoms with E-state index in [-0.39, 0.29) is 11.1 Å². The van der Waals surface area contributed by atoms with E-state index < -0.39 is 0 Å². The van der Waals surface area contributed by atoms with Crippen LogP contribution in [-0.2, 0) is 6.54 Å². The van der Waals surface area contributed by atoms with E-state index in [1.807, 2.05) is 16.8 Å². The third-order valence-electron chi connectivity index (χ3n) is 4.96. The van der Waals surface area contributed by atoms with Gasteiger partial charge in [0, 0.05) is 50.0 Å². The predicted molar refractivity (Wildman–Crippen MR) is 80.9 cm³/mol. The molecule has 1 N–H and O–H groups in total. The standard InChI is InChI=1S/C16H25N3O/c1-13-11-17-16(2,14-6-7-14)12-19(13)10-9-18-8-4-3-5-15(18)20/h3-5,8,13-14,17H,6-7,9-12H2,1-2H3. The van der Waals surface area contributed by atoms with Crippen LogP contribution < -0.4 is 10.9 Å². The highest BCUT2D eigenvalue weighted by molar-refractivity contribution is 5.03. The van der Waals surface area contributed by atoms with Gasteiger partial charge in [0.1, 0.15) is 0 Å². The molecule has 1 aliphatic carbocycles. The van der Waals surface area contributed by atoms with Crippen LogP contribution >= 0.6 is 0 Å². The lowest BCUT2D eigenvalue weighted by Gasteiger charge is -2.45. The molecule has 2 fully saturated rings. The summed E-state index contributed by atoms with van der Waals surface area (Å²) in [4.78, 5) is 14.3. The fraction of sp³-hybridized carbons (Fsp3) is 0.688. The van der Waals surface area contributed by atoms with Crippen molar-refractivity contribution in [1.82, 2.24) is 14.8 Å². The molecule has 2 heterocycles. The highest BCUT2D eigenvalue weighted by Gasteiger charge is 2.45. The van der Waals surface area contributed by atoms with Crippen molar-refractivity contribution in [3.63, 3.8) is 0 Å². The molecule has 4 heteroatoms. The third kappa shape index (κ3) is 2.81. The lowest BCUT2D eigenvalue weighted by atomic mass is 9.91. The summed E-state index contributed by atoms with van der Waals surface area (Å²) in [5.41, 5.74) is 0.369. The zero-order valence-electron chi connectivity index (χ0n) is 12.5. The first-order chi connectivity index (χ1) is 9.58. The predicted octanol–water partition coefficient (Wildman–Crippen LogP) is 1.31. The second kappa shape index (κ2) is 5.34. The highest BCUT2D eigenvalue weighted by atomic mass is 16.1. The Balaban J connectivity index is 1.63. The molecule has 20 heavy (non-hydrogen) atoms. The van der Waals surface area contributed by atoms with Crippen LogP contribution in [0.4, 0.5) is 0 Å². The van der Waals surface area contributed by atoms with E-state index >= 15 is 0 Å². The minimum absolute atomic E-state index is 0.0974. The Labute approximate surface area is 120 Å². The maximum absolute atomic E-state index is 11.8. The first kappa shape index (κ1) is 13.8. The Kier molecular flexibility index (Phi) is 3.69. The molecular formula is C16H25N3O. The minimum atomic E-state index is 0.0974. The molecule has 1 aromatic rings. The summed E-state index contributed by atoms with van der Waals surface area (Å²) in [6.07, 6.45) is 4.61. The van der Waals surface area contributed by atoms with Crippen molar-refractivity contribution < 1.29 is 0 Å². The molecule has 1 saturated carbocycles. The van der Waals surface area contributed by atoms with Crippen LogP contribution in [-0.4, -0.2) is 40.7 Å². The molecule has 0 radical (unpaired) electrons. The molecule has 0 amide bonds. The van der Waals surface area contributed by atoms with Crippen molar-refractivity contribution >= 4 is 0 Å². The summed E-state index contributed by atoms with van der Waals surface area (Å²) in [6.45, 7) is 8.52. The van der Waals surface area contributed by atoms with Gasteiger partial charge in [-0.25, -0.2) is 0 Å². The summed E-state index contributed by atoms with van der Waals surface area (Å²) < 4.78 is 1.81. The van der Waals surface area contributed by atoms with Gasteiger partial charge in [0.2, 0.25) is 0 Å². The van der Waals surface area contributed by atoms with E-state index in [0.29, 0.717) is 6.04 Å². The SMILES string of the molecule is CC1CNC(C)(C2CC2)CN1CCn1ccccc1=O. The van der Waals surface area contributed by atoms with E-state index in [2.05, 4.69) is 24.1 Å². The van der Waals surface area contributed by atoms with Gasteiger partial charge >= 0.3 is 0 Å². The number of aromatic nitrogens is 1. The van der Waals surface area contributed by atoms with Crippen LogP contribution in [0.5, 0.6) is 0 Å². The normalized spacial score (nSPS) is 31.4. The van der Waals surface area contributed by atoms with E-state index in [0.717, 1.165) is 32.1 Å². The molecule has 110 valence electrons. The van der Waals surface area contributed by atoms with Gasteiger partial charge in [0.05, 0.1) is 0 Å². The number of nitrogens with one attached hydrogen (secondary N) is 1. The van der Waals surface area contributed by atoms with Gasteiger partial charge < -0.3 is 9.88 Å². The van der Waals surface area contributed by atoms with Gasteiger partial charge in [-0.3, -0.25) is 9.69 Å². The van der Waals surface area contributed by atoms with E-state index in [1.54, 1.807) is 12.1 Å². The summed E-state index contributed by atoms with van der Waals surface area (Å²) >= 11 is 0. The van der Waals surface area contributed by atoms with Crippen LogP contribution in [0, 0.1) is 5.92 Å². The van der Waals surface area contributed by atoms with Gasteiger partial charge in [-0.2, -0.15) is 0 Å². The number of piperazine rings is 1. The number of pyridine rings is 1. The molecule has 1 saturated heterocycles. The van der Waals surface area contributed by atoms with Gasteiger partial charge in [-0.15, -0.1) is 0 Å². The number of nitrogens with zero attached hydrogens (tertiary/aromatic N) is 2. The summed E-state index contributed by atoms with van der Waals surface area (Å²) in [5.74, 6) is 0.844. The van der Waals surface area contributed by atoms with E-state index in [4.69, 9.17) is 0 Å². The van der Waals surface area contributed by atoms with Crippen molar-refractivity contribution in [1.29, 1.82) is 0 Å². The number of rotatable bonds is 4. The van der Waals surface area contributed by atoms with Crippen molar-refractivity contribution in [3.05, 3.63) is 34.7 Å². The summed E-state index contributed by atoms with van der Waals surface area (Å²) in [7, 11) is 0. The molecule has 3 rings (SSSR count). The number of hydrogen-bond acceptors (Lipinski definition) is 3. The minimum Gasteiger partial charge on any atom is -0.314 e. The quantitative estimate of drug-likeness (QED) is 0.900. The molecule has 0 aromatic carbocycles. The van der Waals surface area contributed by atoms with E-state index in [9.17, 15) is 4.79 Å². The smallest absolute Gasteiger partial charge is 0.250 e. The molecular weight excluding hydrogens is 250 g/mol. The van der Waals surface area contributed by atoms with E-state index in [1.165, 1.54) is 12.8 Å². The van der Waals surface area contributed by atoms with Crippen molar-refractivity contribution in [3.8, 4) is 0 Å². The zero-order valence-corrected chi connectivity index (χ0v) is 12.5. The van der Waals surface area contributed by atoms with Crippen LogP contribution in [0.2, 0.25) is 0 Å². The molecule has 2 atom stereocenters. The lowest BCUT2D eigenvalue weighted by Crippen LogP contribution is -2.63. The molecule has 1 aliphatic heterocycles. The maximum atomic E-state index is 11.8. The van der Waals surface area contributed by atoms with Crippen LogP contribution in [0.1, 0.15) is 26.7 Å². The molecule has 2 unspecified atom stereocenters. The molecule has 4 nitrogen and oxygen atoms in total. The van der Waals surface area contributed by atoms with Crippen LogP contribution in [0.15, 0.2) is 29.2 Å². The Bertz CT molecular complexity index is 522. The Morgan fingerprint density at radius 3 is 2.85 bits per heavy atom. The fourth-order valence-electron chi connectivity index (χ4n) is 3.32. The average Bonchev–Trinajstić information content (AvgIpc) is 3.26. The fourth-order valence-corrected chi connectivity index (χ4v) is 3.32. The van der Waals surface area contributed by atoms with Gasteiger partial charge in [-0.1, -0.05) is 6.07 Å². The monoisotopic (exact) mass is 275 g/mol. The molecule has 1 aromatic heterocycles. The van der Waals surface area contributed by atoms with Crippen molar-refractivity contribution in [2.75, 3.05) is 19.6 Å². The van der Waals surface area contributed by atoms with Crippen LogP contribution in [0.3, 0.4) is 0 Å². The van der Waals surface area contributed by atoms with Gasteiger partial charge in [-0.05, 0) is 38.7 Å². The molecule has 2 aliphatic rings. The first-order valence-electron chi connectivity index (χ1n) is 7.73. The second-order valence-corrected chi connectivity index (χ2v) is 6.62. The first-order valence-corrected chi connectivity index (χ1v) is 7.73. The number of hydrogen-bond donors (Lipinski definition) is 1. The zero-order chi connectivity index (χ0) is 14.2. The van der Waals surface area contributed by atoms with Crippen molar-refractivity contribution in [2.45, 2.75) is 44.8 Å². The Hall–Kier alpha value is -1.13. The van der Waals surface area contributed by atoms with Gasteiger partial charge in [0.15, 0.2) is 0 Å². The second-order valence-electron chi connectivity index (χ2n) is 6.62. The highest BCUT2D eigenvalue weighted by Crippen LogP contribution is 2.41. The summed E-state index contributed by atoms with van der Waals surface area (Å²) in [6, 6.07) is 5.91. The topological polar surface area (TPSA) is 37.3 Å². The van der Waals surface area contributed by atoms with Crippen LogP contribution in [0.25, 0.3) is 0 Å². The third-order valence-corrected chi connectivity index (χ3v) is 4.96. The Morgan fingerprint density at radius 1 is 1.35 bits per heavy atom. The average molecular weight is 275 g/mol. The molecule has 0 spiro atoms. The Morgan fingerprint density at radius 2 is 2.15 bits per heavy atom. The summed E-state index contributed by atoms with van der Waals surface area (Å²) in [5, 5.41) is 3.74. The lowest BCUT2D eigenvalue weighted by molar-refractivity contribution is 0.0800. The van der Waals surface area contributed by atoms with Crippen molar-refractivity contribution in [2.24, 2.45) is 5.92 Å². The molecule has 0 bridgehead atoms. The largest absolute Gasteiger partial charge is 0.314 e.